The molecule has 1 aliphatic rings. The predicted molar refractivity (Wildman–Crippen MR) is 77.5 cm³/mol. The van der Waals surface area contributed by atoms with Gasteiger partial charge in [-0.15, -0.1) is 0 Å². The van der Waals surface area contributed by atoms with Crippen molar-refractivity contribution in [3.63, 3.8) is 0 Å². The second-order valence-electron chi connectivity index (χ2n) is 6.34. The Labute approximate surface area is 116 Å². The van der Waals surface area contributed by atoms with Gasteiger partial charge in [-0.05, 0) is 38.3 Å². The minimum absolute atomic E-state index is 0.187. The number of ether oxygens (including phenoxy) is 1. The van der Waals surface area contributed by atoms with Crippen LogP contribution in [0.5, 0.6) is 0 Å². The fourth-order valence-corrected chi connectivity index (χ4v) is 2.37. The van der Waals surface area contributed by atoms with E-state index in [1.54, 1.807) is 0 Å². The van der Waals surface area contributed by atoms with Crippen molar-refractivity contribution in [2.45, 2.75) is 44.8 Å². The number of hydrogen-bond donors (Lipinski definition) is 2. The molecule has 1 aromatic carbocycles. The molecule has 1 aliphatic carbocycles. The summed E-state index contributed by atoms with van der Waals surface area (Å²) < 4.78 is 5.56. The lowest BCUT2D eigenvalue weighted by Crippen LogP contribution is -2.37. The first kappa shape index (κ1) is 14.5. The van der Waals surface area contributed by atoms with E-state index in [9.17, 15) is 5.11 Å². The van der Waals surface area contributed by atoms with Crippen LogP contribution >= 0.6 is 0 Å². The summed E-state index contributed by atoms with van der Waals surface area (Å²) in [4.78, 5) is 0. The molecule has 0 aliphatic heterocycles. The van der Waals surface area contributed by atoms with Gasteiger partial charge in [-0.3, -0.25) is 0 Å². The van der Waals surface area contributed by atoms with Crippen LogP contribution in [0.3, 0.4) is 0 Å². The van der Waals surface area contributed by atoms with Crippen LogP contribution < -0.4 is 5.32 Å². The molecule has 19 heavy (non-hydrogen) atoms. The van der Waals surface area contributed by atoms with E-state index in [4.69, 9.17) is 4.74 Å². The third-order valence-corrected chi connectivity index (χ3v) is 3.44. The summed E-state index contributed by atoms with van der Waals surface area (Å²) >= 11 is 0. The highest BCUT2D eigenvalue weighted by Gasteiger charge is 2.24. The number of aliphatic hydroxyl groups excluding tert-OH is 1. The zero-order valence-corrected chi connectivity index (χ0v) is 12.1. The highest BCUT2D eigenvalue weighted by molar-refractivity contribution is 5.40. The maximum absolute atomic E-state index is 9.82. The minimum atomic E-state index is -0.436. The molecule has 0 amide bonds. The lowest BCUT2D eigenvalue weighted by Gasteiger charge is -2.30. The van der Waals surface area contributed by atoms with Crippen molar-refractivity contribution in [2.75, 3.05) is 19.7 Å². The molecule has 2 unspecified atom stereocenters. The fraction of sp³-hybridized carbons (Fsp3) is 0.625. The smallest absolute Gasteiger partial charge is 0.0897 e. The molecule has 1 aromatic rings. The van der Waals surface area contributed by atoms with Crippen LogP contribution in [0.15, 0.2) is 24.3 Å². The quantitative estimate of drug-likeness (QED) is 0.826. The van der Waals surface area contributed by atoms with Crippen molar-refractivity contribution in [3.8, 4) is 0 Å². The lowest BCUT2D eigenvalue weighted by atomic mass is 9.77. The van der Waals surface area contributed by atoms with E-state index in [1.165, 1.54) is 11.1 Å². The molecule has 2 N–H and O–H groups in total. The molecule has 2 atom stereocenters. The van der Waals surface area contributed by atoms with Crippen molar-refractivity contribution in [3.05, 3.63) is 35.4 Å². The van der Waals surface area contributed by atoms with Crippen LogP contribution in [0.4, 0.5) is 0 Å². The van der Waals surface area contributed by atoms with Gasteiger partial charge in [0.1, 0.15) is 0 Å². The van der Waals surface area contributed by atoms with Gasteiger partial charge in [0.25, 0.3) is 0 Å². The van der Waals surface area contributed by atoms with Gasteiger partial charge in [0, 0.05) is 19.0 Å². The largest absolute Gasteiger partial charge is 0.389 e. The summed E-state index contributed by atoms with van der Waals surface area (Å²) in [6.45, 7) is 7.91. The standard InChI is InChI=1S/C16H25NO2/c1-16(2,3)19-11-14(18)10-17-9-13-8-12-6-4-5-7-15(12)13/h4-7,13-14,17-18H,8-11H2,1-3H3. The summed E-state index contributed by atoms with van der Waals surface area (Å²) in [5.41, 5.74) is 2.73. The molecular formula is C16H25NO2. The SMILES string of the molecule is CC(C)(C)OCC(O)CNCC1Cc2ccccc21. The van der Waals surface area contributed by atoms with Crippen molar-refractivity contribution >= 4 is 0 Å². The predicted octanol–water partition coefficient (Wildman–Crippen LogP) is 2.09. The monoisotopic (exact) mass is 263 g/mol. The van der Waals surface area contributed by atoms with E-state index >= 15 is 0 Å². The van der Waals surface area contributed by atoms with E-state index in [0.717, 1.165) is 13.0 Å². The highest BCUT2D eigenvalue weighted by Crippen LogP contribution is 2.33. The Balaban J connectivity index is 1.63. The molecule has 3 heteroatoms. The van der Waals surface area contributed by atoms with Gasteiger partial charge < -0.3 is 15.2 Å². The average Bonchev–Trinajstić information content (AvgIpc) is 2.31. The molecule has 3 nitrogen and oxygen atoms in total. The summed E-state index contributed by atoms with van der Waals surface area (Å²) in [5.74, 6) is 0.604. The number of hydrogen-bond acceptors (Lipinski definition) is 3. The molecule has 106 valence electrons. The molecule has 0 bridgehead atoms. The zero-order chi connectivity index (χ0) is 13.9. The van der Waals surface area contributed by atoms with Gasteiger partial charge in [0.15, 0.2) is 0 Å². The number of benzene rings is 1. The first-order chi connectivity index (χ1) is 8.96. The maximum atomic E-state index is 9.82. The molecule has 0 radical (unpaired) electrons. The Morgan fingerprint density at radius 3 is 2.79 bits per heavy atom. The second kappa shape index (κ2) is 6.04. The van der Waals surface area contributed by atoms with E-state index < -0.39 is 6.10 Å². The van der Waals surface area contributed by atoms with Gasteiger partial charge >= 0.3 is 0 Å². The van der Waals surface area contributed by atoms with E-state index in [-0.39, 0.29) is 5.60 Å². The van der Waals surface area contributed by atoms with E-state index in [1.807, 2.05) is 20.8 Å². The maximum Gasteiger partial charge on any atom is 0.0897 e. The van der Waals surface area contributed by atoms with Crippen LogP contribution in [-0.4, -0.2) is 36.5 Å². The van der Waals surface area contributed by atoms with Crippen LogP contribution in [-0.2, 0) is 11.2 Å². The van der Waals surface area contributed by atoms with Gasteiger partial charge in [0.05, 0.1) is 18.3 Å². The molecule has 0 spiro atoms. The van der Waals surface area contributed by atoms with Crippen LogP contribution in [0.2, 0.25) is 0 Å². The summed E-state index contributed by atoms with van der Waals surface area (Å²) in [6.07, 6.45) is 0.715. The van der Waals surface area contributed by atoms with Crippen molar-refractivity contribution in [1.82, 2.24) is 5.32 Å². The number of fused-ring (bicyclic) bond motifs is 1. The van der Waals surface area contributed by atoms with Crippen LogP contribution in [0.25, 0.3) is 0 Å². The van der Waals surface area contributed by atoms with Crippen molar-refractivity contribution < 1.29 is 9.84 Å². The Hall–Kier alpha value is -0.900. The Morgan fingerprint density at radius 1 is 1.37 bits per heavy atom. The molecule has 0 heterocycles. The average molecular weight is 263 g/mol. The Morgan fingerprint density at radius 2 is 2.11 bits per heavy atom. The van der Waals surface area contributed by atoms with Crippen molar-refractivity contribution in [2.24, 2.45) is 0 Å². The summed E-state index contributed by atoms with van der Waals surface area (Å²) in [5, 5.41) is 13.2. The lowest BCUT2D eigenvalue weighted by molar-refractivity contribution is -0.0478. The Kier molecular flexibility index (Phi) is 4.61. The molecule has 2 rings (SSSR count). The first-order valence-corrected chi connectivity index (χ1v) is 7.06. The molecule has 0 saturated heterocycles. The van der Waals surface area contributed by atoms with Gasteiger partial charge in [-0.1, -0.05) is 24.3 Å². The number of rotatable bonds is 6. The fourth-order valence-electron chi connectivity index (χ4n) is 2.37. The van der Waals surface area contributed by atoms with Gasteiger partial charge in [0.2, 0.25) is 0 Å². The van der Waals surface area contributed by atoms with Crippen LogP contribution in [0, 0.1) is 0 Å². The van der Waals surface area contributed by atoms with E-state index in [0.29, 0.717) is 19.1 Å². The topological polar surface area (TPSA) is 41.5 Å². The molecule has 0 saturated carbocycles. The first-order valence-electron chi connectivity index (χ1n) is 7.06. The molecular weight excluding hydrogens is 238 g/mol. The number of aliphatic hydroxyl groups is 1. The Bertz CT molecular complexity index is 411. The third kappa shape index (κ3) is 4.30. The van der Waals surface area contributed by atoms with Gasteiger partial charge in [-0.25, -0.2) is 0 Å². The van der Waals surface area contributed by atoms with Crippen LogP contribution in [0.1, 0.15) is 37.8 Å². The molecule has 0 aromatic heterocycles. The number of nitrogens with one attached hydrogen (secondary N) is 1. The van der Waals surface area contributed by atoms with E-state index in [2.05, 4.69) is 29.6 Å². The van der Waals surface area contributed by atoms with Gasteiger partial charge in [-0.2, -0.15) is 0 Å². The normalized spacial score (nSPS) is 19.7. The zero-order valence-electron chi connectivity index (χ0n) is 12.1. The molecule has 0 fully saturated rings. The minimum Gasteiger partial charge on any atom is -0.389 e. The summed E-state index contributed by atoms with van der Waals surface area (Å²) in [6, 6.07) is 8.58. The van der Waals surface area contributed by atoms with Crippen molar-refractivity contribution in [1.29, 1.82) is 0 Å². The summed E-state index contributed by atoms with van der Waals surface area (Å²) in [7, 11) is 0. The second-order valence-corrected chi connectivity index (χ2v) is 6.34. The third-order valence-electron chi connectivity index (χ3n) is 3.44. The highest BCUT2D eigenvalue weighted by atomic mass is 16.5.